The molecule has 14 heteroatoms. The van der Waals surface area contributed by atoms with E-state index in [2.05, 4.69) is 87.9 Å². The molecular formula is C56H113N3O11. The molecule has 418 valence electrons. The van der Waals surface area contributed by atoms with Crippen LogP contribution in [0.4, 0.5) is 0 Å². The number of aliphatic hydroxyl groups excluding tert-OH is 2. The van der Waals surface area contributed by atoms with Crippen molar-refractivity contribution in [2.24, 2.45) is 34.8 Å². The number of likely N-dealkylation sites (N-methyl/N-ethyl adjacent to an activating group) is 1. The van der Waals surface area contributed by atoms with Crippen LogP contribution in [-0.4, -0.2) is 133 Å². The summed E-state index contributed by atoms with van der Waals surface area (Å²) < 4.78 is 34.9. The highest BCUT2D eigenvalue weighted by atomic mass is 16.7. The summed E-state index contributed by atoms with van der Waals surface area (Å²) in [5.41, 5.74) is 1.30. The van der Waals surface area contributed by atoms with E-state index in [0.29, 0.717) is 45.2 Å². The number of Topliss-reactive ketones (excluding diaryl/α,β-unsaturated/α-hetero) is 1. The van der Waals surface area contributed by atoms with Gasteiger partial charge >= 0.3 is 5.97 Å². The molecule has 1 aliphatic heterocycles. The molecule has 1 saturated heterocycles. The van der Waals surface area contributed by atoms with E-state index >= 15 is 0 Å². The van der Waals surface area contributed by atoms with E-state index in [1.165, 1.54) is 12.6 Å². The number of esters is 1. The Balaban J connectivity index is -0.000000242. The predicted octanol–water partition coefficient (Wildman–Crippen LogP) is 12.1. The molecule has 0 spiro atoms. The molecule has 0 amide bonds. The van der Waals surface area contributed by atoms with Crippen LogP contribution >= 0.6 is 0 Å². The van der Waals surface area contributed by atoms with Gasteiger partial charge in [-0.15, -0.1) is 0 Å². The Labute approximate surface area is 431 Å². The topological polar surface area (TPSA) is 175 Å². The van der Waals surface area contributed by atoms with Crippen molar-refractivity contribution in [1.29, 1.82) is 0 Å². The van der Waals surface area contributed by atoms with E-state index in [1.807, 2.05) is 101 Å². The van der Waals surface area contributed by atoms with E-state index in [4.69, 9.17) is 43.5 Å². The number of cyclic esters (lactones) is 1. The van der Waals surface area contributed by atoms with Gasteiger partial charge in [-0.05, 0) is 118 Å². The second kappa shape index (κ2) is 60.2. The molecule has 0 aromatic rings. The van der Waals surface area contributed by atoms with E-state index in [-0.39, 0.29) is 67.1 Å². The fourth-order valence-electron chi connectivity index (χ4n) is 6.92. The maximum absolute atomic E-state index is 13.6. The quantitative estimate of drug-likeness (QED) is 0.0279. The van der Waals surface area contributed by atoms with Gasteiger partial charge in [0.15, 0.2) is 0 Å². The normalized spacial score (nSPS) is 23.1. The standard InChI is InChI=1S/C34H61NO8.C12H21N.C2H6O.3C2H6.CH3NO.CH4O/c1-11-29(39-10)16-14-13-15-17-41-33-27(7)32(42-22-40-12-2)25(5)18-24(4)31(36)19-23(3)30(35-21-38-9)20-26(6)43-34(37)28(33)8;1-6-8-12(9-7-2)10-13(5)11(3)4;1-2-3;3*1-2;1-2-3;1-2/h11,14,16,23-28,30,32-33,35H,12-13,15,17-22H2,1-10H3;6-9,11H,1,10H2,2-5H3;3H,2H2,1H3;3*1-2H3;1H3;2H,1H3/b16-14-,29-11+;9-7-,12-8+;;;;;;/t23-,24+,25?,26?,27?,28?,30-,32-,33?;;;;;;;/m0......./s1. The number of aliphatic hydroxyl groups is 2. The van der Waals surface area contributed by atoms with Crippen LogP contribution < -0.4 is 5.32 Å². The highest BCUT2D eigenvalue weighted by Crippen LogP contribution is 2.32. The van der Waals surface area contributed by atoms with Crippen molar-refractivity contribution >= 4 is 11.8 Å². The zero-order valence-corrected chi connectivity index (χ0v) is 49.3. The molecule has 9 atom stereocenters. The number of methoxy groups -OCH3 is 2. The van der Waals surface area contributed by atoms with Crippen LogP contribution in [0, 0.1) is 34.5 Å². The largest absolute Gasteiger partial charge is 0.497 e. The van der Waals surface area contributed by atoms with Crippen molar-refractivity contribution in [3.8, 4) is 0 Å². The van der Waals surface area contributed by atoms with Gasteiger partial charge in [0, 0.05) is 70.9 Å². The molecule has 1 fully saturated rings. The Bertz CT molecular complexity index is 1280. The maximum atomic E-state index is 13.6. The maximum Gasteiger partial charge on any atom is 0.311 e. The molecule has 70 heavy (non-hydrogen) atoms. The molecule has 0 aromatic carbocycles. The first-order valence-corrected chi connectivity index (χ1v) is 26.0. The van der Waals surface area contributed by atoms with Crippen LogP contribution in [0.1, 0.15) is 157 Å². The summed E-state index contributed by atoms with van der Waals surface area (Å²) in [4.78, 5) is 37.8. The van der Waals surface area contributed by atoms with Crippen LogP contribution in [0.3, 0.4) is 0 Å². The Morgan fingerprint density at radius 3 is 1.94 bits per heavy atom. The van der Waals surface area contributed by atoms with Crippen LogP contribution in [0.25, 0.3) is 0 Å². The smallest absolute Gasteiger partial charge is 0.311 e. The lowest BCUT2D eigenvalue weighted by molar-refractivity contribution is -0.171. The second-order valence-electron chi connectivity index (χ2n) is 16.1. The van der Waals surface area contributed by atoms with Crippen molar-refractivity contribution in [3.63, 3.8) is 0 Å². The molecule has 0 bridgehead atoms. The summed E-state index contributed by atoms with van der Waals surface area (Å²) >= 11 is 0. The molecule has 0 aliphatic carbocycles. The first kappa shape index (κ1) is 81.0. The number of carbonyl (C=O) groups is 2. The lowest BCUT2D eigenvalue weighted by Crippen LogP contribution is -2.45. The number of nitrogens with one attached hydrogen (secondary N) is 1. The van der Waals surface area contributed by atoms with Crippen molar-refractivity contribution in [2.75, 3.05) is 75.3 Å². The van der Waals surface area contributed by atoms with Gasteiger partial charge in [0.1, 0.15) is 24.4 Å². The van der Waals surface area contributed by atoms with Gasteiger partial charge in [-0.25, -0.2) is 0 Å². The van der Waals surface area contributed by atoms with Crippen molar-refractivity contribution < 1.29 is 48.2 Å². The number of ketones is 1. The molecule has 0 saturated carbocycles. The fourth-order valence-corrected chi connectivity index (χ4v) is 6.92. The summed E-state index contributed by atoms with van der Waals surface area (Å²) in [5, 5.41) is 20.2. The third kappa shape index (κ3) is 44.8. The Morgan fingerprint density at radius 2 is 1.49 bits per heavy atom. The third-order valence-electron chi connectivity index (χ3n) is 10.5. The Kier molecular flexibility index (Phi) is 69.7. The van der Waals surface area contributed by atoms with Crippen LogP contribution in [-0.2, 0) is 38.0 Å². The fraction of sp³-hybridized carbons (Fsp3) is 0.786. The number of nitrogens with zero attached hydrogens (tertiary/aromatic N) is 2. The van der Waals surface area contributed by atoms with E-state index in [0.717, 1.165) is 32.3 Å². The number of rotatable bonds is 19. The number of nitroso groups, excluding NO2 is 1. The monoisotopic (exact) mass is 1000 g/mol. The molecular weight excluding hydrogens is 891 g/mol. The third-order valence-corrected chi connectivity index (χ3v) is 10.5. The first-order chi connectivity index (χ1) is 33.4. The van der Waals surface area contributed by atoms with Crippen LogP contribution in [0.5, 0.6) is 0 Å². The zero-order valence-electron chi connectivity index (χ0n) is 49.3. The molecule has 5 unspecified atom stereocenters. The van der Waals surface area contributed by atoms with Gasteiger partial charge in [0.2, 0.25) is 0 Å². The van der Waals surface area contributed by atoms with Gasteiger partial charge in [-0.2, -0.15) is 4.91 Å². The van der Waals surface area contributed by atoms with Crippen LogP contribution in [0.15, 0.2) is 65.6 Å². The average Bonchev–Trinajstić information content (AvgIpc) is 3.35. The van der Waals surface area contributed by atoms with Crippen molar-refractivity contribution in [3.05, 3.63) is 65.4 Å². The average molecular weight is 1000 g/mol. The van der Waals surface area contributed by atoms with Crippen molar-refractivity contribution in [2.45, 2.75) is 187 Å². The van der Waals surface area contributed by atoms with Gasteiger partial charge in [-0.3, -0.25) is 19.8 Å². The van der Waals surface area contributed by atoms with Crippen molar-refractivity contribution in [1.82, 2.24) is 10.2 Å². The summed E-state index contributed by atoms with van der Waals surface area (Å²) in [6.07, 6.45) is 16.2. The first-order valence-electron chi connectivity index (χ1n) is 26.0. The minimum Gasteiger partial charge on any atom is -0.497 e. The second-order valence-corrected chi connectivity index (χ2v) is 16.1. The lowest BCUT2D eigenvalue weighted by Gasteiger charge is -2.37. The molecule has 3 N–H and O–H groups in total. The molecule has 0 radical (unpaired) electrons. The molecule has 1 rings (SSSR count). The Morgan fingerprint density at radius 1 is 0.929 bits per heavy atom. The molecule has 1 heterocycles. The highest BCUT2D eigenvalue weighted by molar-refractivity contribution is 5.81. The number of ether oxygens (including phenoxy) is 6. The lowest BCUT2D eigenvalue weighted by atomic mass is 9.79. The van der Waals surface area contributed by atoms with Gasteiger partial charge in [-0.1, -0.05) is 111 Å². The van der Waals surface area contributed by atoms with Crippen LogP contribution in [0.2, 0.25) is 0 Å². The van der Waals surface area contributed by atoms with E-state index in [1.54, 1.807) is 21.1 Å². The van der Waals surface area contributed by atoms with E-state index in [9.17, 15) is 9.59 Å². The molecule has 1 aliphatic rings. The van der Waals surface area contributed by atoms with Gasteiger partial charge in [0.25, 0.3) is 0 Å². The van der Waals surface area contributed by atoms with E-state index < -0.39 is 12.0 Å². The highest BCUT2D eigenvalue weighted by Gasteiger charge is 2.39. The number of hydrogen-bond donors (Lipinski definition) is 3. The minimum atomic E-state index is -0.520. The zero-order chi connectivity index (χ0) is 56.0. The molecule has 14 nitrogen and oxygen atoms in total. The Hall–Kier alpha value is -3.08. The summed E-state index contributed by atoms with van der Waals surface area (Å²) in [6.45, 7) is 42.5. The summed E-state index contributed by atoms with van der Waals surface area (Å²) in [5.74, 6) is 0.00502. The summed E-state index contributed by atoms with van der Waals surface area (Å²) in [6, 6.07) is 0.540. The van der Waals surface area contributed by atoms with Gasteiger partial charge in [0.05, 0.1) is 39.0 Å². The molecule has 0 aromatic heterocycles. The SMILES string of the molecule is C/C=C(\C=C/CCCOC1C(C)C(=O)OC(C)C[C@H](NCOC)[C@@H](C)CC(=O)[C@H](C)CC(C)[C@H](OCOCC)C1C)OC.C=C/C=C(\C=C/C)CN(C)C(C)C.CC.CC.CC.CCO.CN=O.CO. The predicted molar refractivity (Wildman–Crippen MR) is 297 cm³/mol. The number of carbonyl (C=O) groups excluding carboxylic acids is 2. The summed E-state index contributed by atoms with van der Waals surface area (Å²) in [7, 11) is 7.61. The number of allylic oxidation sites excluding steroid dienone is 6. The minimum absolute atomic E-state index is 0.0294. The number of hydrogen-bond acceptors (Lipinski definition) is 14. The number of unbranched alkanes of at least 4 members (excludes halogenated alkanes) is 1. The van der Waals surface area contributed by atoms with Gasteiger partial charge < -0.3 is 38.6 Å².